The highest BCUT2D eigenvalue weighted by Crippen LogP contribution is 2.42. The van der Waals surface area contributed by atoms with Crippen molar-refractivity contribution < 1.29 is 4.79 Å². The summed E-state index contributed by atoms with van der Waals surface area (Å²) in [5, 5.41) is 14.6. The fourth-order valence-corrected chi connectivity index (χ4v) is 3.29. The van der Waals surface area contributed by atoms with Gasteiger partial charge in [-0.3, -0.25) is 4.79 Å². The van der Waals surface area contributed by atoms with E-state index in [1.807, 2.05) is 17.5 Å². The average molecular weight is 279 g/mol. The third-order valence-corrected chi connectivity index (χ3v) is 4.73. The summed E-state index contributed by atoms with van der Waals surface area (Å²) < 4.78 is 0. The minimum atomic E-state index is 0.0156. The molecule has 0 unspecified atom stereocenters. The van der Waals surface area contributed by atoms with Crippen LogP contribution in [0.3, 0.4) is 0 Å². The zero-order valence-electron chi connectivity index (χ0n) is 9.76. The lowest BCUT2D eigenvalue weighted by atomic mass is 10.2. The molecule has 6 heteroatoms. The van der Waals surface area contributed by atoms with Crippen molar-refractivity contribution in [3.63, 3.8) is 0 Å². The molecular weight excluding hydrogens is 266 g/mol. The lowest BCUT2D eigenvalue weighted by Gasteiger charge is -1.99. The first kappa shape index (κ1) is 11.8. The van der Waals surface area contributed by atoms with Crippen LogP contribution in [-0.4, -0.2) is 16.1 Å². The van der Waals surface area contributed by atoms with Gasteiger partial charge >= 0.3 is 0 Å². The highest BCUT2D eigenvalue weighted by Gasteiger charge is 2.27. The summed E-state index contributed by atoms with van der Waals surface area (Å²) in [5.41, 5.74) is 0. The minimum Gasteiger partial charge on any atom is -0.301 e. The van der Waals surface area contributed by atoms with Gasteiger partial charge in [-0.05, 0) is 30.7 Å². The van der Waals surface area contributed by atoms with Gasteiger partial charge in [-0.2, -0.15) is 0 Å². The van der Waals surface area contributed by atoms with E-state index in [-0.39, 0.29) is 5.91 Å². The number of carbonyl (C=O) groups is 1. The molecule has 94 valence electrons. The van der Waals surface area contributed by atoms with Crippen molar-refractivity contribution in [2.24, 2.45) is 0 Å². The number of nitrogens with one attached hydrogen (secondary N) is 1. The SMILES string of the molecule is O=C(CCc1cccs1)Nc1nnc(C2CC2)s1. The molecular formula is C12H13N3OS2. The molecule has 2 aromatic heterocycles. The molecule has 1 aliphatic carbocycles. The molecule has 2 heterocycles. The Bertz CT molecular complexity index is 531. The van der Waals surface area contributed by atoms with Crippen molar-refractivity contribution in [3.8, 4) is 0 Å². The largest absolute Gasteiger partial charge is 0.301 e. The van der Waals surface area contributed by atoms with Crippen LogP contribution in [0.1, 0.15) is 35.1 Å². The molecule has 0 bridgehead atoms. The Morgan fingerprint density at radius 2 is 2.33 bits per heavy atom. The average Bonchev–Trinajstić information content (AvgIpc) is 2.90. The van der Waals surface area contributed by atoms with Crippen LogP contribution in [0.15, 0.2) is 17.5 Å². The Hall–Kier alpha value is -1.27. The summed E-state index contributed by atoms with van der Waals surface area (Å²) in [4.78, 5) is 13.0. The van der Waals surface area contributed by atoms with Crippen molar-refractivity contribution in [2.75, 3.05) is 5.32 Å². The van der Waals surface area contributed by atoms with Crippen LogP contribution < -0.4 is 5.32 Å². The van der Waals surface area contributed by atoms with E-state index in [0.717, 1.165) is 11.4 Å². The zero-order chi connectivity index (χ0) is 12.4. The maximum Gasteiger partial charge on any atom is 0.226 e. The van der Waals surface area contributed by atoms with Crippen LogP contribution >= 0.6 is 22.7 Å². The van der Waals surface area contributed by atoms with E-state index >= 15 is 0 Å². The maximum absolute atomic E-state index is 11.7. The summed E-state index contributed by atoms with van der Waals surface area (Å²) in [5.74, 6) is 0.612. The molecule has 1 amide bonds. The molecule has 0 atom stereocenters. The van der Waals surface area contributed by atoms with E-state index in [1.54, 1.807) is 11.3 Å². The Kier molecular flexibility index (Phi) is 3.38. The number of carbonyl (C=O) groups excluding carboxylic acids is 1. The molecule has 18 heavy (non-hydrogen) atoms. The molecule has 2 aromatic rings. The van der Waals surface area contributed by atoms with Gasteiger partial charge in [0, 0.05) is 17.2 Å². The van der Waals surface area contributed by atoms with E-state index in [1.165, 1.54) is 29.1 Å². The molecule has 1 aliphatic rings. The zero-order valence-corrected chi connectivity index (χ0v) is 11.4. The molecule has 0 spiro atoms. The van der Waals surface area contributed by atoms with Crippen molar-refractivity contribution >= 4 is 33.7 Å². The molecule has 3 rings (SSSR count). The molecule has 0 radical (unpaired) electrons. The second kappa shape index (κ2) is 5.16. The van der Waals surface area contributed by atoms with Gasteiger partial charge < -0.3 is 5.32 Å². The first-order valence-corrected chi connectivity index (χ1v) is 7.66. The number of amides is 1. The van der Waals surface area contributed by atoms with Crippen LogP contribution in [0, 0.1) is 0 Å². The van der Waals surface area contributed by atoms with Crippen molar-refractivity contribution in [3.05, 3.63) is 27.4 Å². The summed E-state index contributed by atoms with van der Waals surface area (Å²) in [6, 6.07) is 4.05. The fraction of sp³-hybridized carbons (Fsp3) is 0.417. The number of nitrogens with zero attached hydrogens (tertiary/aromatic N) is 2. The van der Waals surface area contributed by atoms with E-state index in [9.17, 15) is 4.79 Å². The Morgan fingerprint density at radius 3 is 3.06 bits per heavy atom. The lowest BCUT2D eigenvalue weighted by molar-refractivity contribution is -0.116. The van der Waals surface area contributed by atoms with E-state index < -0.39 is 0 Å². The van der Waals surface area contributed by atoms with Gasteiger partial charge in [0.05, 0.1) is 0 Å². The lowest BCUT2D eigenvalue weighted by Crippen LogP contribution is -2.11. The number of hydrogen-bond acceptors (Lipinski definition) is 5. The van der Waals surface area contributed by atoms with E-state index in [0.29, 0.717) is 17.5 Å². The molecule has 4 nitrogen and oxygen atoms in total. The molecule has 0 saturated heterocycles. The normalized spacial score (nSPS) is 14.7. The first-order chi connectivity index (χ1) is 8.81. The van der Waals surface area contributed by atoms with Gasteiger partial charge in [-0.1, -0.05) is 17.4 Å². The van der Waals surface area contributed by atoms with Gasteiger partial charge in [0.25, 0.3) is 0 Å². The Labute approximate surface area is 113 Å². The van der Waals surface area contributed by atoms with Gasteiger partial charge in [0.15, 0.2) is 0 Å². The van der Waals surface area contributed by atoms with Crippen molar-refractivity contribution in [1.82, 2.24) is 10.2 Å². The first-order valence-electron chi connectivity index (χ1n) is 5.97. The highest BCUT2D eigenvalue weighted by molar-refractivity contribution is 7.15. The summed E-state index contributed by atoms with van der Waals surface area (Å²) in [7, 11) is 0. The standard InChI is InChI=1S/C12H13N3OS2/c16-10(6-5-9-2-1-7-17-9)13-12-15-14-11(18-12)8-3-4-8/h1-2,7-8H,3-6H2,(H,13,15,16). The monoisotopic (exact) mass is 279 g/mol. The summed E-state index contributed by atoms with van der Waals surface area (Å²) in [6.07, 6.45) is 3.71. The topological polar surface area (TPSA) is 54.9 Å². The number of aromatic nitrogens is 2. The number of anilines is 1. The van der Waals surface area contributed by atoms with Gasteiger partial charge in [-0.25, -0.2) is 0 Å². The molecule has 1 N–H and O–H groups in total. The van der Waals surface area contributed by atoms with Crippen LogP contribution in [0.2, 0.25) is 0 Å². The van der Waals surface area contributed by atoms with Crippen molar-refractivity contribution in [2.45, 2.75) is 31.6 Å². The predicted molar refractivity (Wildman–Crippen MR) is 73.2 cm³/mol. The summed E-state index contributed by atoms with van der Waals surface area (Å²) >= 11 is 3.19. The Balaban J connectivity index is 1.50. The number of aryl methyl sites for hydroxylation is 1. The molecule has 0 aliphatic heterocycles. The van der Waals surface area contributed by atoms with E-state index in [2.05, 4.69) is 15.5 Å². The number of rotatable bonds is 5. The van der Waals surface area contributed by atoms with Crippen LogP contribution in [0.5, 0.6) is 0 Å². The minimum absolute atomic E-state index is 0.0156. The second-order valence-electron chi connectivity index (χ2n) is 4.35. The van der Waals surface area contributed by atoms with Gasteiger partial charge in [0.1, 0.15) is 5.01 Å². The molecule has 1 saturated carbocycles. The van der Waals surface area contributed by atoms with Crippen LogP contribution in [-0.2, 0) is 11.2 Å². The van der Waals surface area contributed by atoms with Gasteiger partial charge in [-0.15, -0.1) is 21.5 Å². The van der Waals surface area contributed by atoms with Crippen molar-refractivity contribution in [1.29, 1.82) is 0 Å². The third-order valence-electron chi connectivity index (χ3n) is 2.79. The predicted octanol–water partition coefficient (Wildman–Crippen LogP) is 3.05. The molecule has 0 aromatic carbocycles. The quantitative estimate of drug-likeness (QED) is 0.915. The maximum atomic E-state index is 11.7. The second-order valence-corrected chi connectivity index (χ2v) is 6.39. The third kappa shape index (κ3) is 2.94. The van der Waals surface area contributed by atoms with E-state index in [4.69, 9.17) is 0 Å². The molecule has 1 fully saturated rings. The number of thiophene rings is 1. The smallest absolute Gasteiger partial charge is 0.226 e. The summed E-state index contributed by atoms with van der Waals surface area (Å²) in [6.45, 7) is 0. The van der Waals surface area contributed by atoms with Crippen LogP contribution in [0.4, 0.5) is 5.13 Å². The number of hydrogen-bond donors (Lipinski definition) is 1. The van der Waals surface area contributed by atoms with Gasteiger partial charge in [0.2, 0.25) is 11.0 Å². The fourth-order valence-electron chi connectivity index (χ4n) is 1.65. The highest BCUT2D eigenvalue weighted by atomic mass is 32.1. The Morgan fingerprint density at radius 1 is 1.44 bits per heavy atom. The van der Waals surface area contributed by atoms with Crippen LogP contribution in [0.25, 0.3) is 0 Å².